The minimum atomic E-state index is 0.0773. The summed E-state index contributed by atoms with van der Waals surface area (Å²) in [6.07, 6.45) is 0. The van der Waals surface area contributed by atoms with Crippen molar-refractivity contribution in [2.45, 2.75) is 20.0 Å². The molecule has 0 fully saturated rings. The fourth-order valence-corrected chi connectivity index (χ4v) is 4.70. The number of rotatable bonds is 8. The summed E-state index contributed by atoms with van der Waals surface area (Å²) in [6.45, 7) is 5.69. The molecule has 4 rings (SSSR count). The first-order chi connectivity index (χ1) is 14.2. The second-order valence-corrected chi connectivity index (χ2v) is 8.83. The maximum Gasteiger partial charge on any atom is 0.241 e. The van der Waals surface area contributed by atoms with Crippen molar-refractivity contribution in [2.75, 3.05) is 31.2 Å². The predicted molar refractivity (Wildman–Crippen MR) is 118 cm³/mol. The van der Waals surface area contributed by atoms with Crippen LogP contribution in [-0.4, -0.2) is 37.1 Å². The fraction of sp³-hybridized carbons (Fsp3) is 0.318. The lowest BCUT2D eigenvalue weighted by molar-refractivity contribution is -0.120. The van der Waals surface area contributed by atoms with Crippen LogP contribution in [0.4, 0.5) is 5.69 Å². The molecule has 0 bridgehead atoms. The normalized spacial score (nSPS) is 12.9. The Balaban J connectivity index is 1.55. The van der Waals surface area contributed by atoms with Crippen LogP contribution in [0.2, 0.25) is 0 Å². The van der Waals surface area contributed by atoms with Gasteiger partial charge in [-0.1, -0.05) is 19.1 Å². The van der Waals surface area contributed by atoms with Gasteiger partial charge < -0.3 is 14.4 Å². The zero-order chi connectivity index (χ0) is 20.1. The van der Waals surface area contributed by atoms with Gasteiger partial charge in [0.2, 0.25) is 5.91 Å². The Morgan fingerprint density at radius 3 is 2.31 bits per heavy atom. The SMILES string of the molecule is CCN(CC(=O)N(Cc1cccs1)c1ccc2c(c1)OCCO2)Cc1cccs1. The molecule has 1 aromatic carbocycles. The molecule has 2 aromatic heterocycles. The first-order valence-electron chi connectivity index (χ1n) is 9.70. The Hall–Kier alpha value is -2.35. The van der Waals surface area contributed by atoms with Crippen LogP contribution in [0.25, 0.3) is 0 Å². The molecular formula is C22H24N2O3S2. The highest BCUT2D eigenvalue weighted by atomic mass is 32.1. The number of carbonyl (C=O) groups excluding carboxylic acids is 1. The minimum Gasteiger partial charge on any atom is -0.486 e. The Bertz CT molecular complexity index is 926. The zero-order valence-electron chi connectivity index (χ0n) is 16.4. The quantitative estimate of drug-likeness (QED) is 0.524. The van der Waals surface area contributed by atoms with Crippen LogP contribution in [0, 0.1) is 0 Å². The largest absolute Gasteiger partial charge is 0.486 e. The highest BCUT2D eigenvalue weighted by Crippen LogP contribution is 2.34. The van der Waals surface area contributed by atoms with E-state index in [4.69, 9.17) is 9.47 Å². The molecule has 0 radical (unpaired) electrons. The van der Waals surface area contributed by atoms with E-state index >= 15 is 0 Å². The molecule has 29 heavy (non-hydrogen) atoms. The molecule has 0 N–H and O–H groups in total. The number of fused-ring (bicyclic) bond motifs is 1. The number of ether oxygens (including phenoxy) is 2. The first-order valence-corrected chi connectivity index (χ1v) is 11.5. The van der Waals surface area contributed by atoms with Gasteiger partial charge in [0.15, 0.2) is 11.5 Å². The van der Waals surface area contributed by atoms with Crippen LogP contribution in [0.1, 0.15) is 16.7 Å². The zero-order valence-corrected chi connectivity index (χ0v) is 18.0. The molecular weight excluding hydrogens is 404 g/mol. The van der Waals surface area contributed by atoms with E-state index < -0.39 is 0 Å². The van der Waals surface area contributed by atoms with Crippen molar-refractivity contribution < 1.29 is 14.3 Å². The molecule has 5 nitrogen and oxygen atoms in total. The molecule has 1 amide bonds. The summed E-state index contributed by atoms with van der Waals surface area (Å²) in [5.74, 6) is 1.51. The molecule has 0 spiro atoms. The maximum atomic E-state index is 13.4. The van der Waals surface area contributed by atoms with Crippen LogP contribution >= 0.6 is 22.7 Å². The second kappa shape index (κ2) is 9.43. The molecule has 1 aliphatic heterocycles. The molecule has 0 atom stereocenters. The Kier molecular flexibility index (Phi) is 6.49. The van der Waals surface area contributed by atoms with Crippen molar-refractivity contribution in [1.82, 2.24) is 4.90 Å². The van der Waals surface area contributed by atoms with Gasteiger partial charge in [0, 0.05) is 28.1 Å². The van der Waals surface area contributed by atoms with E-state index in [1.165, 1.54) is 4.88 Å². The topological polar surface area (TPSA) is 42.0 Å². The van der Waals surface area contributed by atoms with Gasteiger partial charge >= 0.3 is 0 Å². The van der Waals surface area contributed by atoms with Crippen LogP contribution in [0.5, 0.6) is 11.5 Å². The number of likely N-dealkylation sites (N-methyl/N-ethyl adjacent to an activating group) is 1. The maximum absolute atomic E-state index is 13.4. The fourth-order valence-electron chi connectivity index (χ4n) is 3.26. The molecule has 1 aliphatic rings. The smallest absolute Gasteiger partial charge is 0.241 e. The highest BCUT2D eigenvalue weighted by Gasteiger charge is 2.22. The van der Waals surface area contributed by atoms with Crippen LogP contribution in [-0.2, 0) is 17.9 Å². The number of amides is 1. The van der Waals surface area contributed by atoms with Crippen molar-refractivity contribution in [3.63, 3.8) is 0 Å². The third-order valence-corrected chi connectivity index (χ3v) is 6.52. The Morgan fingerprint density at radius 2 is 1.66 bits per heavy atom. The van der Waals surface area contributed by atoms with Gasteiger partial charge in [-0.25, -0.2) is 0 Å². The third-order valence-electron chi connectivity index (χ3n) is 4.80. The average molecular weight is 429 g/mol. The van der Waals surface area contributed by atoms with Gasteiger partial charge in [-0.3, -0.25) is 9.69 Å². The van der Waals surface area contributed by atoms with Gasteiger partial charge in [0.1, 0.15) is 13.2 Å². The van der Waals surface area contributed by atoms with Crippen molar-refractivity contribution in [2.24, 2.45) is 0 Å². The monoisotopic (exact) mass is 428 g/mol. The van der Waals surface area contributed by atoms with Crippen molar-refractivity contribution >= 4 is 34.3 Å². The molecule has 0 aliphatic carbocycles. The average Bonchev–Trinajstić information content (AvgIpc) is 3.45. The molecule has 0 saturated heterocycles. The molecule has 3 aromatic rings. The number of hydrogen-bond acceptors (Lipinski definition) is 6. The van der Waals surface area contributed by atoms with E-state index in [0.29, 0.717) is 32.1 Å². The van der Waals surface area contributed by atoms with E-state index in [0.717, 1.165) is 29.4 Å². The van der Waals surface area contributed by atoms with Gasteiger partial charge in [-0.15, -0.1) is 22.7 Å². The molecule has 3 heterocycles. The number of benzene rings is 1. The first kappa shape index (κ1) is 19.9. The summed E-state index contributed by atoms with van der Waals surface area (Å²) in [7, 11) is 0. The standard InChI is InChI=1S/C22H24N2O3S2/c1-2-23(14-18-5-3-11-28-18)16-22(25)24(15-19-6-4-12-29-19)17-7-8-20-21(13-17)27-10-9-26-20/h3-8,11-13H,2,9-10,14-16H2,1H3. The summed E-state index contributed by atoms with van der Waals surface area (Å²) in [5, 5.41) is 4.11. The van der Waals surface area contributed by atoms with Gasteiger partial charge in [0.05, 0.1) is 13.1 Å². The predicted octanol–water partition coefficient (Wildman–Crippen LogP) is 4.64. The van der Waals surface area contributed by atoms with E-state index in [9.17, 15) is 4.79 Å². The molecule has 152 valence electrons. The van der Waals surface area contributed by atoms with Crippen molar-refractivity contribution in [3.8, 4) is 11.5 Å². The number of thiophene rings is 2. The lowest BCUT2D eigenvalue weighted by Gasteiger charge is -2.28. The molecule has 7 heteroatoms. The lowest BCUT2D eigenvalue weighted by Crippen LogP contribution is -2.39. The minimum absolute atomic E-state index is 0.0773. The van der Waals surface area contributed by atoms with E-state index in [2.05, 4.69) is 29.3 Å². The summed E-state index contributed by atoms with van der Waals surface area (Å²) in [6, 6.07) is 14.0. The molecule has 0 unspecified atom stereocenters. The van der Waals surface area contributed by atoms with Crippen LogP contribution in [0.3, 0.4) is 0 Å². The van der Waals surface area contributed by atoms with Gasteiger partial charge in [-0.2, -0.15) is 0 Å². The Morgan fingerprint density at radius 1 is 0.966 bits per heavy atom. The lowest BCUT2D eigenvalue weighted by atomic mass is 10.2. The van der Waals surface area contributed by atoms with E-state index in [1.807, 2.05) is 40.6 Å². The highest BCUT2D eigenvalue weighted by molar-refractivity contribution is 7.10. The van der Waals surface area contributed by atoms with Crippen LogP contribution in [0.15, 0.2) is 53.2 Å². The Labute approximate surface area is 179 Å². The van der Waals surface area contributed by atoms with E-state index in [1.54, 1.807) is 22.7 Å². The number of hydrogen-bond donors (Lipinski definition) is 0. The van der Waals surface area contributed by atoms with Crippen molar-refractivity contribution in [3.05, 3.63) is 63.0 Å². The molecule has 0 saturated carbocycles. The van der Waals surface area contributed by atoms with Gasteiger partial charge in [-0.05, 0) is 41.6 Å². The summed E-state index contributed by atoms with van der Waals surface area (Å²) >= 11 is 3.38. The van der Waals surface area contributed by atoms with E-state index in [-0.39, 0.29) is 5.91 Å². The summed E-state index contributed by atoms with van der Waals surface area (Å²) in [5.41, 5.74) is 0.833. The summed E-state index contributed by atoms with van der Waals surface area (Å²) < 4.78 is 11.4. The van der Waals surface area contributed by atoms with Gasteiger partial charge in [0.25, 0.3) is 0 Å². The third kappa shape index (κ3) is 4.98. The summed E-state index contributed by atoms with van der Waals surface area (Å²) in [4.78, 5) is 19.8. The van der Waals surface area contributed by atoms with Crippen LogP contribution < -0.4 is 14.4 Å². The number of anilines is 1. The number of carbonyl (C=O) groups is 1. The van der Waals surface area contributed by atoms with Crippen molar-refractivity contribution in [1.29, 1.82) is 0 Å². The second-order valence-electron chi connectivity index (χ2n) is 6.77. The number of nitrogens with zero attached hydrogens (tertiary/aromatic N) is 2.